The first-order valence-corrected chi connectivity index (χ1v) is 11.8. The summed E-state index contributed by atoms with van der Waals surface area (Å²) in [5, 5.41) is 13.9. The van der Waals surface area contributed by atoms with E-state index in [0.717, 1.165) is 37.3 Å². The van der Waals surface area contributed by atoms with Gasteiger partial charge in [-0.05, 0) is 49.0 Å². The third kappa shape index (κ3) is 3.57. The molecular weight excluding hydrogens is 424 g/mol. The Morgan fingerprint density at radius 3 is 2.70 bits per heavy atom. The summed E-state index contributed by atoms with van der Waals surface area (Å²) < 4.78 is 18.0. The van der Waals surface area contributed by atoms with E-state index in [0.29, 0.717) is 29.1 Å². The summed E-state index contributed by atoms with van der Waals surface area (Å²) >= 11 is 6.00. The highest BCUT2D eigenvalue weighted by molar-refractivity contribution is 7.85. The maximum absolute atomic E-state index is 12.4. The fraction of sp³-hybridized carbons (Fsp3) is 0.429. The van der Waals surface area contributed by atoms with Crippen molar-refractivity contribution in [3.05, 3.63) is 40.9 Å². The molecule has 1 aliphatic carbocycles. The van der Waals surface area contributed by atoms with Gasteiger partial charge >= 0.3 is 0 Å². The molecule has 1 aromatic carbocycles. The third-order valence-electron chi connectivity index (χ3n) is 6.06. The summed E-state index contributed by atoms with van der Waals surface area (Å²) in [4.78, 5) is 11.9. The van der Waals surface area contributed by atoms with Crippen LogP contribution < -0.4 is 15.0 Å². The first-order valence-electron chi connectivity index (χ1n) is 10.1. The number of anilines is 2. The van der Waals surface area contributed by atoms with E-state index in [2.05, 4.69) is 21.3 Å². The number of hydrogen-bond donors (Lipinski definition) is 2. The van der Waals surface area contributed by atoms with Crippen molar-refractivity contribution in [1.82, 2.24) is 9.97 Å². The average molecular weight is 447 g/mol. The normalized spacial score (nSPS) is 22.0. The summed E-state index contributed by atoms with van der Waals surface area (Å²) in [6, 6.07) is 7.88. The maximum Gasteiger partial charge on any atom is 0.238 e. The number of halogens is 1. The van der Waals surface area contributed by atoms with Crippen LogP contribution in [0, 0.1) is 0 Å². The van der Waals surface area contributed by atoms with Crippen molar-refractivity contribution in [3.8, 4) is 5.88 Å². The molecule has 3 aliphatic rings. The van der Waals surface area contributed by atoms with Crippen LogP contribution in [0.25, 0.3) is 5.57 Å². The zero-order valence-corrected chi connectivity index (χ0v) is 18.0. The molecule has 0 bridgehead atoms. The summed E-state index contributed by atoms with van der Waals surface area (Å²) in [5.74, 6) is 1.54. The number of aliphatic hydroxyl groups is 1. The van der Waals surface area contributed by atoms with Gasteiger partial charge in [-0.2, -0.15) is 9.97 Å². The fourth-order valence-electron chi connectivity index (χ4n) is 4.07. The summed E-state index contributed by atoms with van der Waals surface area (Å²) in [6.45, 7) is 1.46. The van der Waals surface area contributed by atoms with E-state index in [1.807, 2.05) is 24.3 Å². The van der Waals surface area contributed by atoms with E-state index in [9.17, 15) is 9.32 Å². The Morgan fingerprint density at radius 1 is 1.27 bits per heavy atom. The second kappa shape index (κ2) is 7.83. The predicted octanol–water partition coefficient (Wildman–Crippen LogP) is 3.21. The Bertz CT molecular complexity index is 1020. The van der Waals surface area contributed by atoms with Crippen LogP contribution in [-0.2, 0) is 10.8 Å². The minimum atomic E-state index is -1.30. The lowest BCUT2D eigenvalue weighted by molar-refractivity contribution is 0.143. The molecule has 1 unspecified atom stereocenters. The van der Waals surface area contributed by atoms with E-state index < -0.39 is 16.3 Å². The molecule has 30 heavy (non-hydrogen) atoms. The zero-order valence-electron chi connectivity index (χ0n) is 16.4. The van der Waals surface area contributed by atoms with Crippen LogP contribution in [0.1, 0.15) is 31.2 Å². The van der Waals surface area contributed by atoms with Gasteiger partial charge < -0.3 is 20.1 Å². The molecule has 0 spiro atoms. The molecule has 2 N–H and O–H groups in total. The molecule has 5 rings (SSSR count). The number of nitrogens with zero attached hydrogens (tertiary/aromatic N) is 3. The van der Waals surface area contributed by atoms with Crippen LogP contribution in [0.3, 0.4) is 0 Å². The van der Waals surface area contributed by atoms with Gasteiger partial charge in [0.05, 0.1) is 12.1 Å². The van der Waals surface area contributed by atoms with Crippen molar-refractivity contribution in [3.63, 3.8) is 0 Å². The molecule has 1 aromatic heterocycles. The highest BCUT2D eigenvalue weighted by Gasteiger charge is 2.39. The molecule has 1 fully saturated rings. The van der Waals surface area contributed by atoms with Crippen molar-refractivity contribution in [2.24, 2.45) is 0 Å². The standard InChI is InChI=1S/C21H23ClN4O3S/c22-16-4-2-14(3-5-16)15-6-10-26(11-7-15)20-23-18(25-21(12-27)8-1-9-21)17-19(24-20)29-13-30(17)28/h2-6,27H,1,7-13H2,(H,23,24,25). The number of ether oxygens (including phenoxy) is 1. The lowest BCUT2D eigenvalue weighted by atomic mass is 9.77. The first kappa shape index (κ1) is 19.8. The Morgan fingerprint density at radius 2 is 2.07 bits per heavy atom. The van der Waals surface area contributed by atoms with Crippen molar-refractivity contribution in [1.29, 1.82) is 0 Å². The van der Waals surface area contributed by atoms with Crippen LogP contribution >= 0.6 is 11.6 Å². The second-order valence-corrected chi connectivity index (χ2v) is 9.73. The maximum atomic E-state index is 12.4. The van der Waals surface area contributed by atoms with Gasteiger partial charge in [0.15, 0.2) is 11.8 Å². The molecule has 1 saturated carbocycles. The van der Waals surface area contributed by atoms with Gasteiger partial charge in [0.2, 0.25) is 11.8 Å². The molecule has 0 amide bonds. The second-order valence-electron chi connectivity index (χ2n) is 7.96. The van der Waals surface area contributed by atoms with Crippen LogP contribution in [0.15, 0.2) is 35.2 Å². The van der Waals surface area contributed by atoms with E-state index >= 15 is 0 Å². The molecule has 7 nitrogen and oxygen atoms in total. The van der Waals surface area contributed by atoms with Gasteiger partial charge in [-0.1, -0.05) is 29.8 Å². The Kier molecular flexibility index (Phi) is 5.16. The molecule has 0 saturated heterocycles. The summed E-state index contributed by atoms with van der Waals surface area (Å²) in [6.07, 6.45) is 5.82. The number of hydrogen-bond acceptors (Lipinski definition) is 7. The summed E-state index contributed by atoms with van der Waals surface area (Å²) in [7, 11) is -1.30. The number of fused-ring (bicyclic) bond motifs is 1. The molecule has 2 aromatic rings. The number of aromatic nitrogens is 2. The molecule has 9 heteroatoms. The molecule has 0 radical (unpaired) electrons. The highest BCUT2D eigenvalue weighted by atomic mass is 35.5. The Balaban J connectivity index is 1.42. The van der Waals surface area contributed by atoms with E-state index in [4.69, 9.17) is 21.3 Å². The monoisotopic (exact) mass is 446 g/mol. The SMILES string of the molecule is O=S1COc2nc(N3CC=C(c4ccc(Cl)cc4)CC3)nc(NC3(CO)CCC3)c21. The lowest BCUT2D eigenvalue weighted by Gasteiger charge is -2.41. The van der Waals surface area contributed by atoms with Gasteiger partial charge in [-0.15, -0.1) is 0 Å². The third-order valence-corrected chi connectivity index (χ3v) is 7.46. The minimum absolute atomic E-state index is 0.0194. The number of benzene rings is 1. The number of nitrogens with one attached hydrogen (secondary N) is 1. The minimum Gasteiger partial charge on any atom is -0.463 e. The van der Waals surface area contributed by atoms with E-state index in [1.54, 1.807) is 0 Å². The molecular formula is C21H23ClN4O3S. The Hall–Kier alpha value is -2.16. The number of aliphatic hydroxyl groups excluding tert-OH is 1. The van der Waals surface area contributed by atoms with Gasteiger partial charge in [0.25, 0.3) is 0 Å². The van der Waals surface area contributed by atoms with Gasteiger partial charge in [-0.25, -0.2) is 0 Å². The van der Waals surface area contributed by atoms with Crippen molar-refractivity contribution < 1.29 is 14.1 Å². The van der Waals surface area contributed by atoms with Crippen LogP contribution in [0.2, 0.25) is 5.02 Å². The molecule has 2 aliphatic heterocycles. The quantitative estimate of drug-likeness (QED) is 0.729. The lowest BCUT2D eigenvalue weighted by Crippen LogP contribution is -2.48. The van der Waals surface area contributed by atoms with E-state index in [1.165, 1.54) is 11.1 Å². The van der Waals surface area contributed by atoms with E-state index in [-0.39, 0.29) is 12.5 Å². The van der Waals surface area contributed by atoms with Crippen molar-refractivity contribution in [2.75, 3.05) is 35.9 Å². The topological polar surface area (TPSA) is 87.6 Å². The largest absolute Gasteiger partial charge is 0.463 e. The van der Waals surface area contributed by atoms with Crippen LogP contribution in [0.5, 0.6) is 5.88 Å². The van der Waals surface area contributed by atoms with Crippen LogP contribution in [0.4, 0.5) is 11.8 Å². The zero-order chi connectivity index (χ0) is 20.7. The van der Waals surface area contributed by atoms with Crippen LogP contribution in [-0.4, -0.2) is 50.5 Å². The molecule has 3 heterocycles. The van der Waals surface area contributed by atoms with Gasteiger partial charge in [-0.3, -0.25) is 4.21 Å². The van der Waals surface area contributed by atoms with Crippen molar-refractivity contribution >= 4 is 39.7 Å². The number of rotatable bonds is 5. The molecule has 158 valence electrons. The smallest absolute Gasteiger partial charge is 0.238 e. The van der Waals surface area contributed by atoms with Gasteiger partial charge in [0.1, 0.15) is 15.7 Å². The Labute approximate surface area is 182 Å². The van der Waals surface area contributed by atoms with Gasteiger partial charge in [0, 0.05) is 18.1 Å². The van der Waals surface area contributed by atoms with Crippen molar-refractivity contribution in [2.45, 2.75) is 36.1 Å². The fourth-order valence-corrected chi connectivity index (χ4v) is 5.14. The predicted molar refractivity (Wildman–Crippen MR) is 117 cm³/mol. The highest BCUT2D eigenvalue weighted by Crippen LogP contribution is 2.40. The average Bonchev–Trinajstić information content (AvgIpc) is 3.12. The molecule has 1 atom stereocenters. The first-order chi connectivity index (χ1) is 14.6. The summed E-state index contributed by atoms with van der Waals surface area (Å²) in [5.41, 5.74) is 2.05.